The van der Waals surface area contributed by atoms with E-state index in [0.29, 0.717) is 6.54 Å². The van der Waals surface area contributed by atoms with Crippen LogP contribution in [0.1, 0.15) is 32.3 Å². The molecular weight excluding hydrogens is 256 g/mol. The monoisotopic (exact) mass is 278 g/mol. The molecule has 0 aliphatic heterocycles. The lowest BCUT2D eigenvalue weighted by molar-refractivity contribution is -0.122. The summed E-state index contributed by atoms with van der Waals surface area (Å²) in [4.78, 5) is 23.2. The van der Waals surface area contributed by atoms with E-state index in [9.17, 15) is 9.59 Å². The van der Waals surface area contributed by atoms with Gasteiger partial charge in [0.15, 0.2) is 0 Å². The Morgan fingerprint density at radius 3 is 2.60 bits per heavy atom. The van der Waals surface area contributed by atoms with Gasteiger partial charge in [0, 0.05) is 6.54 Å². The first kappa shape index (κ1) is 16.0. The number of benzene rings is 1. The first-order valence-electron chi connectivity index (χ1n) is 6.88. The molecule has 0 spiro atoms. The molecule has 0 aliphatic rings. The average molecular weight is 278 g/mol. The van der Waals surface area contributed by atoms with E-state index in [-0.39, 0.29) is 12.5 Å². The highest BCUT2D eigenvalue weighted by Gasteiger charge is 2.15. The number of unbranched alkanes of at least 4 members (excludes halogenated alkanes) is 1. The molecule has 5 heteroatoms. The van der Waals surface area contributed by atoms with Crippen LogP contribution in [0.5, 0.6) is 0 Å². The third-order valence-electron chi connectivity index (χ3n) is 2.77. The Morgan fingerprint density at radius 2 is 1.95 bits per heavy atom. The summed E-state index contributed by atoms with van der Waals surface area (Å²) in [5, 5.41) is 5.26. The van der Waals surface area contributed by atoms with Crippen LogP contribution in [0.3, 0.4) is 0 Å². The number of carbonyl (C=O) groups excluding carboxylic acids is 2. The molecule has 0 saturated heterocycles. The van der Waals surface area contributed by atoms with Gasteiger partial charge in [0.2, 0.25) is 5.91 Å². The summed E-state index contributed by atoms with van der Waals surface area (Å²) in [5.74, 6) is -0.199. The molecule has 0 fully saturated rings. The summed E-state index contributed by atoms with van der Waals surface area (Å²) in [6.07, 6.45) is 1.35. The molecule has 0 bridgehead atoms. The molecule has 0 aliphatic carbocycles. The molecule has 1 rings (SSSR count). The van der Waals surface area contributed by atoms with Crippen molar-refractivity contribution in [2.45, 2.75) is 39.3 Å². The van der Waals surface area contributed by atoms with Crippen LogP contribution in [0.2, 0.25) is 0 Å². The van der Waals surface area contributed by atoms with Crippen molar-refractivity contribution in [3.8, 4) is 0 Å². The van der Waals surface area contributed by atoms with Crippen LogP contribution in [-0.4, -0.2) is 24.6 Å². The van der Waals surface area contributed by atoms with Crippen molar-refractivity contribution < 1.29 is 14.3 Å². The number of carbonyl (C=O) groups is 2. The molecular formula is C15H22N2O3. The number of hydrogen-bond acceptors (Lipinski definition) is 3. The Bertz CT molecular complexity index is 420. The quantitative estimate of drug-likeness (QED) is 0.751. The highest BCUT2D eigenvalue weighted by atomic mass is 16.5. The van der Waals surface area contributed by atoms with Crippen molar-refractivity contribution in [2.24, 2.45) is 0 Å². The average Bonchev–Trinajstić information content (AvgIpc) is 2.46. The Morgan fingerprint density at radius 1 is 1.25 bits per heavy atom. The Labute approximate surface area is 119 Å². The Hall–Kier alpha value is -2.04. The van der Waals surface area contributed by atoms with Crippen molar-refractivity contribution in [3.63, 3.8) is 0 Å². The number of rotatable bonds is 7. The van der Waals surface area contributed by atoms with Crippen molar-refractivity contribution in [1.29, 1.82) is 0 Å². The van der Waals surface area contributed by atoms with E-state index in [1.165, 1.54) is 0 Å². The zero-order valence-corrected chi connectivity index (χ0v) is 12.0. The van der Waals surface area contributed by atoms with Gasteiger partial charge < -0.3 is 15.4 Å². The van der Waals surface area contributed by atoms with Gasteiger partial charge in [-0.05, 0) is 18.9 Å². The Kier molecular flexibility index (Phi) is 7.17. The normalized spacial score (nSPS) is 11.5. The number of nitrogens with one attached hydrogen (secondary N) is 2. The van der Waals surface area contributed by atoms with Gasteiger partial charge in [-0.15, -0.1) is 0 Å². The summed E-state index contributed by atoms with van der Waals surface area (Å²) in [6.45, 7) is 4.50. The summed E-state index contributed by atoms with van der Waals surface area (Å²) >= 11 is 0. The number of amides is 2. The van der Waals surface area contributed by atoms with E-state index in [4.69, 9.17) is 4.74 Å². The largest absolute Gasteiger partial charge is 0.445 e. The second-order valence-electron chi connectivity index (χ2n) is 4.57. The molecule has 0 heterocycles. The zero-order valence-electron chi connectivity index (χ0n) is 12.0. The van der Waals surface area contributed by atoms with Crippen LogP contribution in [0, 0.1) is 0 Å². The van der Waals surface area contributed by atoms with Crippen LogP contribution < -0.4 is 10.6 Å². The predicted octanol–water partition coefficient (Wildman–Crippen LogP) is 2.22. The summed E-state index contributed by atoms with van der Waals surface area (Å²) < 4.78 is 5.04. The zero-order chi connectivity index (χ0) is 14.8. The maximum absolute atomic E-state index is 11.6. The number of alkyl carbamates (subject to hydrolysis) is 1. The van der Waals surface area contributed by atoms with Gasteiger partial charge in [0.05, 0.1) is 0 Å². The minimum atomic E-state index is -0.602. The van der Waals surface area contributed by atoms with Crippen LogP contribution in [0.25, 0.3) is 0 Å². The van der Waals surface area contributed by atoms with Gasteiger partial charge in [-0.3, -0.25) is 4.79 Å². The van der Waals surface area contributed by atoms with Gasteiger partial charge in [-0.2, -0.15) is 0 Å². The number of ether oxygens (including phenoxy) is 1. The molecule has 110 valence electrons. The Balaban J connectivity index is 2.25. The molecule has 5 nitrogen and oxygen atoms in total. The van der Waals surface area contributed by atoms with E-state index in [1.807, 2.05) is 30.3 Å². The first-order valence-corrected chi connectivity index (χ1v) is 6.88. The lowest BCUT2D eigenvalue weighted by atomic mass is 10.2. The molecule has 20 heavy (non-hydrogen) atoms. The van der Waals surface area contributed by atoms with Crippen LogP contribution >= 0.6 is 0 Å². The molecule has 2 N–H and O–H groups in total. The summed E-state index contributed by atoms with van der Waals surface area (Å²) in [7, 11) is 0. The molecule has 1 aromatic carbocycles. The highest BCUT2D eigenvalue weighted by Crippen LogP contribution is 2.00. The maximum atomic E-state index is 11.6. The van der Waals surface area contributed by atoms with Crippen LogP contribution in [0.4, 0.5) is 4.79 Å². The third-order valence-corrected chi connectivity index (χ3v) is 2.77. The molecule has 0 radical (unpaired) electrons. The van der Waals surface area contributed by atoms with Gasteiger partial charge in [-0.1, -0.05) is 43.7 Å². The van der Waals surface area contributed by atoms with Crippen LogP contribution in [-0.2, 0) is 16.1 Å². The van der Waals surface area contributed by atoms with Gasteiger partial charge >= 0.3 is 6.09 Å². The van der Waals surface area contributed by atoms with Crippen LogP contribution in [0.15, 0.2) is 30.3 Å². The van der Waals surface area contributed by atoms with Crippen molar-refractivity contribution >= 4 is 12.0 Å². The van der Waals surface area contributed by atoms with Crippen molar-refractivity contribution in [2.75, 3.05) is 6.54 Å². The fraction of sp³-hybridized carbons (Fsp3) is 0.467. The second-order valence-corrected chi connectivity index (χ2v) is 4.57. The third kappa shape index (κ3) is 6.22. The standard InChI is InChI=1S/C15H22N2O3/c1-3-4-10-16-14(18)12(2)17-15(19)20-11-13-8-6-5-7-9-13/h5-9,12H,3-4,10-11H2,1-2H3,(H,16,18)(H,17,19)/t12-/m0/s1. The first-order chi connectivity index (χ1) is 9.63. The minimum absolute atomic E-state index is 0.191. The van der Waals surface area contributed by atoms with E-state index < -0.39 is 12.1 Å². The molecule has 1 aromatic rings. The second kappa shape index (κ2) is 8.96. The van der Waals surface area contributed by atoms with E-state index in [2.05, 4.69) is 17.6 Å². The molecule has 2 amide bonds. The smallest absolute Gasteiger partial charge is 0.408 e. The summed E-state index contributed by atoms with van der Waals surface area (Å²) in [6, 6.07) is 8.78. The lowest BCUT2D eigenvalue weighted by Gasteiger charge is -2.14. The van der Waals surface area contributed by atoms with Crippen molar-refractivity contribution in [3.05, 3.63) is 35.9 Å². The van der Waals surface area contributed by atoms with Crippen molar-refractivity contribution in [1.82, 2.24) is 10.6 Å². The molecule has 0 saturated carbocycles. The van der Waals surface area contributed by atoms with E-state index in [1.54, 1.807) is 6.92 Å². The van der Waals surface area contributed by atoms with Gasteiger partial charge in [-0.25, -0.2) is 4.79 Å². The topological polar surface area (TPSA) is 67.4 Å². The SMILES string of the molecule is CCCCNC(=O)[C@H](C)NC(=O)OCc1ccccc1. The van der Waals surface area contributed by atoms with Gasteiger partial charge in [0.1, 0.15) is 12.6 Å². The fourth-order valence-electron chi connectivity index (χ4n) is 1.55. The molecule has 1 atom stereocenters. The lowest BCUT2D eigenvalue weighted by Crippen LogP contribution is -2.45. The number of hydrogen-bond donors (Lipinski definition) is 2. The fourth-order valence-corrected chi connectivity index (χ4v) is 1.55. The molecule has 0 unspecified atom stereocenters. The van der Waals surface area contributed by atoms with E-state index >= 15 is 0 Å². The predicted molar refractivity (Wildman–Crippen MR) is 77.1 cm³/mol. The highest BCUT2D eigenvalue weighted by molar-refractivity contribution is 5.85. The van der Waals surface area contributed by atoms with E-state index in [0.717, 1.165) is 18.4 Å². The molecule has 0 aromatic heterocycles. The van der Waals surface area contributed by atoms with Gasteiger partial charge in [0.25, 0.3) is 0 Å². The minimum Gasteiger partial charge on any atom is -0.445 e. The summed E-state index contributed by atoms with van der Waals surface area (Å²) in [5.41, 5.74) is 0.905. The maximum Gasteiger partial charge on any atom is 0.408 e.